The predicted octanol–water partition coefficient (Wildman–Crippen LogP) is 2.98. The molecule has 2 nitrogen and oxygen atoms in total. The van der Waals surface area contributed by atoms with E-state index in [9.17, 15) is 5.11 Å². The van der Waals surface area contributed by atoms with E-state index >= 15 is 0 Å². The molecular formula is C14H24O2. The Morgan fingerprint density at radius 1 is 0.938 bits per heavy atom. The molecule has 0 unspecified atom stereocenters. The molecule has 0 atom stereocenters. The Balaban J connectivity index is 3.42. The van der Waals surface area contributed by atoms with Crippen molar-refractivity contribution in [2.24, 2.45) is 0 Å². The van der Waals surface area contributed by atoms with Crippen LogP contribution in [0.4, 0.5) is 0 Å². The van der Waals surface area contributed by atoms with Crippen LogP contribution in [0.5, 0.6) is 0 Å². The molecule has 0 aliphatic carbocycles. The molecule has 0 spiro atoms. The summed E-state index contributed by atoms with van der Waals surface area (Å²) in [6.07, 6.45) is 15.9. The molecule has 0 saturated carbocycles. The molecule has 2 heteroatoms. The van der Waals surface area contributed by atoms with Gasteiger partial charge in [0.2, 0.25) is 0 Å². The van der Waals surface area contributed by atoms with Gasteiger partial charge >= 0.3 is 0 Å². The molecule has 0 radical (unpaired) electrons. The second-order valence-electron chi connectivity index (χ2n) is 4.38. The zero-order chi connectivity index (χ0) is 12.3. The largest absolute Gasteiger partial charge is 0.392 e. The molecule has 0 fully saturated rings. The van der Waals surface area contributed by atoms with Gasteiger partial charge in [0.15, 0.2) is 0 Å². The van der Waals surface area contributed by atoms with Gasteiger partial charge in [-0.3, -0.25) is 0 Å². The summed E-state index contributed by atoms with van der Waals surface area (Å²) in [5.41, 5.74) is -0.723. The number of unbranched alkanes of at least 4 members (excludes halogenated alkanes) is 3. The normalized spacial score (nSPS) is 13.5. The number of aliphatic hydroxyl groups excluding tert-OH is 1. The molecule has 2 N–H and O–H groups in total. The second-order valence-corrected chi connectivity index (χ2v) is 4.38. The highest BCUT2D eigenvalue weighted by Gasteiger charge is 2.03. The summed E-state index contributed by atoms with van der Waals surface area (Å²) in [6, 6.07) is 0. The fourth-order valence-corrected chi connectivity index (χ4v) is 1.18. The number of aliphatic hydroxyl groups is 2. The fraction of sp³-hybridized carbons (Fsp3) is 0.571. The Labute approximate surface area is 99.0 Å². The Hall–Kier alpha value is -0.860. The fourth-order valence-electron chi connectivity index (χ4n) is 1.18. The number of rotatable bonds is 8. The zero-order valence-electron chi connectivity index (χ0n) is 10.4. The summed E-state index contributed by atoms with van der Waals surface area (Å²) in [4.78, 5) is 0. The van der Waals surface area contributed by atoms with Crippen LogP contribution in [0.25, 0.3) is 0 Å². The Kier molecular flexibility index (Phi) is 8.87. The topological polar surface area (TPSA) is 40.5 Å². The minimum Gasteiger partial charge on any atom is -0.392 e. The summed E-state index contributed by atoms with van der Waals surface area (Å²) in [6.45, 7) is 3.65. The summed E-state index contributed by atoms with van der Waals surface area (Å²) in [7, 11) is 0. The van der Waals surface area contributed by atoms with Gasteiger partial charge in [-0.25, -0.2) is 0 Å². The lowest BCUT2D eigenvalue weighted by Crippen LogP contribution is -2.13. The van der Waals surface area contributed by atoms with Gasteiger partial charge in [-0.05, 0) is 39.5 Å². The highest BCUT2D eigenvalue weighted by Crippen LogP contribution is 2.04. The standard InChI is InChI=1S/C14H24O2/c1-14(2,16)12-10-8-6-4-3-5-7-9-11-13-15/h6,8-12,15-16H,3-5,7,13H2,1-2H3/b8-6-,11-9-,12-10+. The minimum absolute atomic E-state index is 0.141. The van der Waals surface area contributed by atoms with E-state index < -0.39 is 5.60 Å². The van der Waals surface area contributed by atoms with Crippen LogP contribution in [0.3, 0.4) is 0 Å². The third-order valence-corrected chi connectivity index (χ3v) is 2.01. The van der Waals surface area contributed by atoms with Crippen molar-refractivity contribution in [1.82, 2.24) is 0 Å². The zero-order valence-corrected chi connectivity index (χ0v) is 10.4. The molecule has 16 heavy (non-hydrogen) atoms. The van der Waals surface area contributed by atoms with Crippen LogP contribution in [0, 0.1) is 0 Å². The summed E-state index contributed by atoms with van der Waals surface area (Å²) >= 11 is 0. The third-order valence-electron chi connectivity index (χ3n) is 2.01. The van der Waals surface area contributed by atoms with Gasteiger partial charge in [-0.1, -0.05) is 36.5 Å². The quantitative estimate of drug-likeness (QED) is 0.378. The molecule has 0 aromatic rings. The van der Waals surface area contributed by atoms with E-state index in [0.29, 0.717) is 0 Å². The molecular weight excluding hydrogens is 200 g/mol. The molecule has 0 aromatic carbocycles. The maximum atomic E-state index is 9.39. The highest BCUT2D eigenvalue weighted by atomic mass is 16.3. The van der Waals surface area contributed by atoms with E-state index in [0.717, 1.165) is 25.7 Å². The number of hydrogen-bond donors (Lipinski definition) is 2. The lowest BCUT2D eigenvalue weighted by molar-refractivity contribution is 0.133. The smallest absolute Gasteiger partial charge is 0.0774 e. The summed E-state index contributed by atoms with van der Waals surface area (Å²) in [5.74, 6) is 0. The molecule has 0 bridgehead atoms. The van der Waals surface area contributed by atoms with Crippen molar-refractivity contribution in [2.75, 3.05) is 6.61 Å². The van der Waals surface area contributed by atoms with Crippen LogP contribution in [0.1, 0.15) is 39.5 Å². The van der Waals surface area contributed by atoms with Crippen molar-refractivity contribution in [3.63, 3.8) is 0 Å². The molecule has 92 valence electrons. The monoisotopic (exact) mass is 224 g/mol. The molecule has 0 aromatic heterocycles. The van der Waals surface area contributed by atoms with Crippen LogP contribution in [0.15, 0.2) is 36.5 Å². The Bertz CT molecular complexity index is 232. The van der Waals surface area contributed by atoms with Crippen LogP contribution in [-0.2, 0) is 0 Å². The van der Waals surface area contributed by atoms with Crippen molar-refractivity contribution < 1.29 is 10.2 Å². The lowest BCUT2D eigenvalue weighted by atomic mass is 10.1. The number of hydrogen-bond acceptors (Lipinski definition) is 2. The SMILES string of the molecule is CC(C)(O)/C=C/C=C\CCCC/C=C\CO. The minimum atomic E-state index is -0.723. The molecule has 0 aliphatic rings. The van der Waals surface area contributed by atoms with E-state index in [1.165, 1.54) is 0 Å². The van der Waals surface area contributed by atoms with E-state index in [2.05, 4.69) is 6.08 Å². The van der Waals surface area contributed by atoms with Gasteiger partial charge in [-0.2, -0.15) is 0 Å². The van der Waals surface area contributed by atoms with E-state index in [4.69, 9.17) is 5.11 Å². The van der Waals surface area contributed by atoms with E-state index in [1.807, 2.05) is 18.2 Å². The molecule has 0 saturated heterocycles. The van der Waals surface area contributed by atoms with Crippen LogP contribution >= 0.6 is 0 Å². The number of allylic oxidation sites excluding steroid dienone is 4. The average molecular weight is 224 g/mol. The maximum absolute atomic E-state index is 9.39. The van der Waals surface area contributed by atoms with Crippen LogP contribution in [0.2, 0.25) is 0 Å². The van der Waals surface area contributed by atoms with Crippen LogP contribution < -0.4 is 0 Å². The molecule has 0 aliphatic heterocycles. The van der Waals surface area contributed by atoms with Crippen molar-refractivity contribution >= 4 is 0 Å². The van der Waals surface area contributed by atoms with Crippen molar-refractivity contribution in [1.29, 1.82) is 0 Å². The molecule has 0 heterocycles. The lowest BCUT2D eigenvalue weighted by Gasteiger charge is -2.08. The third kappa shape index (κ3) is 13.1. The first-order chi connectivity index (χ1) is 7.56. The first-order valence-corrected chi connectivity index (χ1v) is 5.89. The van der Waals surface area contributed by atoms with Crippen molar-refractivity contribution in [2.45, 2.75) is 45.1 Å². The van der Waals surface area contributed by atoms with Gasteiger partial charge < -0.3 is 10.2 Å². The molecule has 0 amide bonds. The van der Waals surface area contributed by atoms with Gasteiger partial charge in [-0.15, -0.1) is 0 Å². The average Bonchev–Trinajstić information content (AvgIpc) is 2.19. The van der Waals surface area contributed by atoms with Gasteiger partial charge in [0, 0.05) is 0 Å². The predicted molar refractivity (Wildman–Crippen MR) is 69.3 cm³/mol. The first kappa shape index (κ1) is 15.1. The summed E-state index contributed by atoms with van der Waals surface area (Å²) < 4.78 is 0. The maximum Gasteiger partial charge on any atom is 0.0774 e. The first-order valence-electron chi connectivity index (χ1n) is 5.89. The summed E-state index contributed by atoms with van der Waals surface area (Å²) in [5, 5.41) is 17.9. The Morgan fingerprint density at radius 2 is 1.56 bits per heavy atom. The van der Waals surface area contributed by atoms with Crippen molar-refractivity contribution in [3.8, 4) is 0 Å². The van der Waals surface area contributed by atoms with Gasteiger partial charge in [0.05, 0.1) is 12.2 Å². The van der Waals surface area contributed by atoms with Crippen molar-refractivity contribution in [3.05, 3.63) is 36.5 Å². The molecule has 0 rings (SSSR count). The highest BCUT2D eigenvalue weighted by molar-refractivity contribution is 5.07. The van der Waals surface area contributed by atoms with E-state index in [1.54, 1.807) is 26.0 Å². The van der Waals surface area contributed by atoms with E-state index in [-0.39, 0.29) is 6.61 Å². The van der Waals surface area contributed by atoms with Gasteiger partial charge in [0.1, 0.15) is 0 Å². The second kappa shape index (κ2) is 9.37. The Morgan fingerprint density at radius 3 is 2.12 bits per heavy atom. The van der Waals surface area contributed by atoms with Gasteiger partial charge in [0.25, 0.3) is 0 Å². The van der Waals surface area contributed by atoms with Crippen LogP contribution in [-0.4, -0.2) is 22.4 Å².